The molecule has 3 aromatic carbocycles. The number of aliphatic imine (C=N–C) groups is 1. The van der Waals surface area contributed by atoms with E-state index in [0.717, 1.165) is 22.0 Å². The number of aromatic nitrogens is 1. The topological polar surface area (TPSA) is 63.9 Å². The number of carbonyl (C=O) groups is 2. The molecule has 1 fully saturated rings. The van der Waals surface area contributed by atoms with Crippen molar-refractivity contribution >= 4 is 51.5 Å². The maximum atomic E-state index is 13.3. The Balaban J connectivity index is 1.47. The van der Waals surface area contributed by atoms with Crippen LogP contribution in [0.5, 0.6) is 0 Å². The molecule has 0 atom stereocenters. The molecular weight excluding hydrogens is 477 g/mol. The lowest BCUT2D eigenvalue weighted by atomic mass is 10.1. The second-order valence-corrected chi connectivity index (χ2v) is 9.28. The van der Waals surface area contributed by atoms with Gasteiger partial charge in [-0.05, 0) is 59.8 Å². The first-order valence-electron chi connectivity index (χ1n) is 11.2. The summed E-state index contributed by atoms with van der Waals surface area (Å²) >= 11 is 1.28. The van der Waals surface area contributed by atoms with E-state index >= 15 is 0 Å². The number of thioether (sulfide) groups is 1. The summed E-state index contributed by atoms with van der Waals surface area (Å²) in [4.78, 5) is 31.5. The molecule has 180 valence electrons. The van der Waals surface area contributed by atoms with E-state index in [1.165, 1.54) is 35.9 Å². The Morgan fingerprint density at radius 2 is 1.86 bits per heavy atom. The van der Waals surface area contributed by atoms with Crippen molar-refractivity contribution in [2.24, 2.45) is 4.99 Å². The van der Waals surface area contributed by atoms with Crippen LogP contribution in [0.4, 0.5) is 10.1 Å². The normalized spacial score (nSPS) is 15.9. The largest absolute Gasteiger partial charge is 0.465 e. The number of amidine groups is 1. The number of esters is 1. The van der Waals surface area contributed by atoms with Crippen LogP contribution in [0.3, 0.4) is 0 Å². The van der Waals surface area contributed by atoms with Gasteiger partial charge in [0.15, 0.2) is 5.17 Å². The molecule has 1 aromatic heterocycles. The number of rotatable bonds is 5. The number of ether oxygens (including phenoxy) is 1. The molecule has 6 nitrogen and oxygen atoms in total. The number of methoxy groups -OCH3 is 1. The van der Waals surface area contributed by atoms with Crippen LogP contribution in [0.15, 0.2) is 88.9 Å². The molecule has 1 aliphatic heterocycles. The molecule has 0 radical (unpaired) electrons. The molecule has 0 spiro atoms. The third-order valence-corrected chi connectivity index (χ3v) is 6.93. The zero-order chi connectivity index (χ0) is 25.2. The van der Waals surface area contributed by atoms with Gasteiger partial charge in [-0.25, -0.2) is 14.2 Å². The average molecular weight is 500 g/mol. The number of halogens is 1. The predicted molar refractivity (Wildman–Crippen MR) is 141 cm³/mol. The van der Waals surface area contributed by atoms with E-state index in [1.807, 2.05) is 36.5 Å². The standard InChI is InChI=1S/C28H22FN3O3S/c1-31-26(33)25(36-28(31)30-22-7-5-6-19(14-22)27(34)35-2)15-20-17-32(24-9-4-3-8-23(20)24)16-18-10-12-21(29)13-11-18/h3-15,17H,16H2,1-2H3. The lowest BCUT2D eigenvalue weighted by molar-refractivity contribution is -0.121. The molecule has 1 aliphatic rings. The number of carbonyl (C=O) groups excluding carboxylic acids is 2. The Bertz CT molecular complexity index is 1540. The zero-order valence-electron chi connectivity index (χ0n) is 19.6. The van der Waals surface area contributed by atoms with Crippen molar-refractivity contribution in [3.63, 3.8) is 0 Å². The van der Waals surface area contributed by atoms with Crippen molar-refractivity contribution in [1.82, 2.24) is 9.47 Å². The SMILES string of the molecule is COC(=O)c1cccc(N=C2SC(=Cc3cn(Cc4ccc(F)cc4)c4ccccc34)C(=O)N2C)c1. The molecule has 36 heavy (non-hydrogen) atoms. The first-order chi connectivity index (χ1) is 17.4. The lowest BCUT2D eigenvalue weighted by Crippen LogP contribution is -2.23. The number of hydrogen-bond acceptors (Lipinski definition) is 5. The van der Waals surface area contributed by atoms with Gasteiger partial charge < -0.3 is 9.30 Å². The second kappa shape index (κ2) is 9.83. The van der Waals surface area contributed by atoms with Gasteiger partial charge in [0.25, 0.3) is 5.91 Å². The predicted octanol–water partition coefficient (Wildman–Crippen LogP) is 5.85. The van der Waals surface area contributed by atoms with Crippen molar-refractivity contribution in [2.45, 2.75) is 6.54 Å². The summed E-state index contributed by atoms with van der Waals surface area (Å²) in [7, 11) is 3.00. The van der Waals surface area contributed by atoms with Crippen LogP contribution in [-0.4, -0.2) is 40.7 Å². The first-order valence-corrected chi connectivity index (χ1v) is 12.0. The Kier molecular flexibility index (Phi) is 6.43. The summed E-state index contributed by atoms with van der Waals surface area (Å²) in [5, 5.41) is 1.53. The minimum atomic E-state index is -0.446. The van der Waals surface area contributed by atoms with E-state index < -0.39 is 5.97 Å². The van der Waals surface area contributed by atoms with E-state index in [4.69, 9.17) is 4.74 Å². The van der Waals surface area contributed by atoms with E-state index in [1.54, 1.807) is 43.4 Å². The van der Waals surface area contributed by atoms with E-state index in [2.05, 4.69) is 9.56 Å². The van der Waals surface area contributed by atoms with Crippen molar-refractivity contribution in [2.75, 3.05) is 14.2 Å². The maximum Gasteiger partial charge on any atom is 0.337 e. The van der Waals surface area contributed by atoms with Gasteiger partial charge in [0, 0.05) is 36.3 Å². The fourth-order valence-electron chi connectivity index (χ4n) is 4.03. The summed E-state index contributed by atoms with van der Waals surface area (Å²) in [6.45, 7) is 0.578. The summed E-state index contributed by atoms with van der Waals surface area (Å²) in [5.41, 5.74) is 3.85. The third-order valence-electron chi connectivity index (χ3n) is 5.87. The van der Waals surface area contributed by atoms with Crippen molar-refractivity contribution in [1.29, 1.82) is 0 Å². The number of benzene rings is 3. The highest BCUT2D eigenvalue weighted by atomic mass is 32.2. The number of amides is 1. The van der Waals surface area contributed by atoms with Crippen LogP contribution in [0, 0.1) is 5.82 Å². The van der Waals surface area contributed by atoms with E-state index in [-0.39, 0.29) is 11.7 Å². The Morgan fingerprint density at radius 1 is 1.08 bits per heavy atom. The van der Waals surface area contributed by atoms with Crippen molar-refractivity contribution < 1.29 is 18.7 Å². The molecule has 4 aromatic rings. The van der Waals surface area contributed by atoms with Crippen molar-refractivity contribution in [3.8, 4) is 0 Å². The van der Waals surface area contributed by atoms with Crippen LogP contribution < -0.4 is 0 Å². The average Bonchev–Trinajstić information content (AvgIpc) is 3.37. The van der Waals surface area contributed by atoms with Gasteiger partial charge >= 0.3 is 5.97 Å². The van der Waals surface area contributed by atoms with Crippen LogP contribution >= 0.6 is 11.8 Å². The van der Waals surface area contributed by atoms with Crippen LogP contribution in [-0.2, 0) is 16.1 Å². The van der Waals surface area contributed by atoms with Gasteiger partial charge in [0.05, 0.1) is 23.3 Å². The number of fused-ring (bicyclic) bond motifs is 1. The number of likely N-dealkylation sites (N-methyl/N-ethyl adjacent to an activating group) is 1. The molecule has 0 unspecified atom stereocenters. The van der Waals surface area contributed by atoms with Crippen LogP contribution in [0.1, 0.15) is 21.5 Å². The third kappa shape index (κ3) is 4.67. The van der Waals surface area contributed by atoms with Gasteiger partial charge in [-0.3, -0.25) is 9.69 Å². The minimum absolute atomic E-state index is 0.154. The summed E-state index contributed by atoms with van der Waals surface area (Å²) in [6.07, 6.45) is 3.88. The van der Waals surface area contributed by atoms with E-state index in [0.29, 0.717) is 27.9 Å². The highest BCUT2D eigenvalue weighted by molar-refractivity contribution is 8.18. The second-order valence-electron chi connectivity index (χ2n) is 8.27. The Hall–Kier alpha value is -4.17. The molecule has 0 N–H and O–H groups in total. The quantitative estimate of drug-likeness (QED) is 0.255. The fourth-order valence-corrected chi connectivity index (χ4v) is 5.01. The molecule has 0 bridgehead atoms. The number of nitrogens with zero attached hydrogens (tertiary/aromatic N) is 3. The van der Waals surface area contributed by atoms with Gasteiger partial charge in [0.1, 0.15) is 5.82 Å². The van der Waals surface area contributed by atoms with E-state index in [9.17, 15) is 14.0 Å². The van der Waals surface area contributed by atoms with Gasteiger partial charge in [0.2, 0.25) is 0 Å². The fraction of sp³-hybridized carbons (Fsp3) is 0.107. The highest BCUT2D eigenvalue weighted by Crippen LogP contribution is 2.35. The number of para-hydroxylation sites is 1. The molecule has 5 rings (SSSR count). The Morgan fingerprint density at radius 3 is 2.64 bits per heavy atom. The molecule has 8 heteroatoms. The first kappa shape index (κ1) is 23.6. The molecule has 1 amide bonds. The summed E-state index contributed by atoms with van der Waals surface area (Å²) in [6, 6.07) is 21.2. The molecule has 1 saturated heterocycles. The lowest BCUT2D eigenvalue weighted by Gasteiger charge is -2.07. The summed E-state index contributed by atoms with van der Waals surface area (Å²) < 4.78 is 20.2. The van der Waals surface area contributed by atoms with Crippen molar-refractivity contribution in [3.05, 3.63) is 106 Å². The van der Waals surface area contributed by atoms with Crippen LogP contribution in [0.25, 0.3) is 17.0 Å². The minimum Gasteiger partial charge on any atom is -0.465 e. The molecule has 0 saturated carbocycles. The maximum absolute atomic E-state index is 13.3. The molecule has 0 aliphatic carbocycles. The smallest absolute Gasteiger partial charge is 0.337 e. The molecule has 2 heterocycles. The van der Waals surface area contributed by atoms with Crippen LogP contribution in [0.2, 0.25) is 0 Å². The van der Waals surface area contributed by atoms with Gasteiger partial charge in [-0.1, -0.05) is 36.4 Å². The zero-order valence-corrected chi connectivity index (χ0v) is 20.5. The number of hydrogen-bond donors (Lipinski definition) is 0. The van der Waals surface area contributed by atoms with Gasteiger partial charge in [-0.15, -0.1) is 0 Å². The van der Waals surface area contributed by atoms with Gasteiger partial charge in [-0.2, -0.15) is 0 Å². The summed E-state index contributed by atoms with van der Waals surface area (Å²) in [5.74, 6) is -0.867. The highest BCUT2D eigenvalue weighted by Gasteiger charge is 2.30. The Labute approximate surface area is 211 Å². The monoisotopic (exact) mass is 499 g/mol. The molecular formula is C28H22FN3O3S.